The first kappa shape index (κ1) is 7.39. The molecule has 0 fully saturated rings. The van der Waals surface area contributed by atoms with E-state index >= 15 is 0 Å². The van der Waals surface area contributed by atoms with Crippen LogP contribution < -0.4 is 5.73 Å². The van der Waals surface area contributed by atoms with Crippen molar-refractivity contribution in [1.29, 1.82) is 0 Å². The maximum Gasteiger partial charge on any atom is 0.0962 e. The third-order valence-corrected chi connectivity index (χ3v) is 1.30. The van der Waals surface area contributed by atoms with E-state index in [1.807, 2.05) is 22.6 Å². The Bertz CT molecular complexity index is 74.1. The predicted molar refractivity (Wildman–Crippen MR) is 38.2 cm³/mol. The van der Waals surface area contributed by atoms with Crippen LogP contribution in [0.25, 0.3) is 0 Å². The number of rotatable bonds is 2. The molecule has 42 valence electrons. The molecule has 0 saturated heterocycles. The molecule has 0 radical (unpaired) electrons. The summed E-state index contributed by atoms with van der Waals surface area (Å²) in [5.74, 6) is 0. The van der Waals surface area contributed by atoms with Gasteiger partial charge in [0.15, 0.2) is 0 Å². The molecular weight excluding hydrogens is 205 g/mol. The van der Waals surface area contributed by atoms with Gasteiger partial charge in [-0.3, -0.25) is 0 Å². The van der Waals surface area contributed by atoms with Crippen LogP contribution in [0.3, 0.4) is 0 Å². The second-order valence-corrected chi connectivity index (χ2v) is 2.58. The SMILES string of the molecule is C=C(I)C(O)CN. The Morgan fingerprint density at radius 1 is 2.00 bits per heavy atom. The van der Waals surface area contributed by atoms with Gasteiger partial charge in [0.1, 0.15) is 0 Å². The van der Waals surface area contributed by atoms with E-state index in [0.717, 1.165) is 0 Å². The van der Waals surface area contributed by atoms with Gasteiger partial charge in [-0.25, -0.2) is 0 Å². The molecule has 3 N–H and O–H groups in total. The second-order valence-electron chi connectivity index (χ2n) is 1.20. The molecule has 0 heterocycles. The summed E-state index contributed by atoms with van der Waals surface area (Å²) in [6.07, 6.45) is -0.527. The average molecular weight is 213 g/mol. The molecule has 0 aromatic rings. The van der Waals surface area contributed by atoms with E-state index in [-0.39, 0.29) is 6.54 Å². The molecule has 0 aliphatic heterocycles. The Kier molecular flexibility index (Phi) is 3.59. The summed E-state index contributed by atoms with van der Waals surface area (Å²) in [5.41, 5.74) is 5.06. The Morgan fingerprint density at radius 3 is 2.43 bits per heavy atom. The Hall–Kier alpha value is 0.390. The fourth-order valence-corrected chi connectivity index (χ4v) is 0.382. The van der Waals surface area contributed by atoms with Gasteiger partial charge in [-0.15, -0.1) is 0 Å². The topological polar surface area (TPSA) is 46.2 Å². The van der Waals surface area contributed by atoms with E-state index in [9.17, 15) is 0 Å². The first-order valence-corrected chi connectivity index (χ1v) is 2.98. The Labute approximate surface area is 56.5 Å². The van der Waals surface area contributed by atoms with Crippen LogP contribution in [-0.4, -0.2) is 17.8 Å². The van der Waals surface area contributed by atoms with Crippen LogP contribution in [0.5, 0.6) is 0 Å². The van der Waals surface area contributed by atoms with Crippen molar-refractivity contribution in [2.24, 2.45) is 5.73 Å². The quantitative estimate of drug-likeness (QED) is 0.646. The predicted octanol–water partition coefficient (Wildman–Crippen LogP) is 0.255. The van der Waals surface area contributed by atoms with Crippen LogP contribution in [0.4, 0.5) is 0 Å². The molecule has 0 aromatic heterocycles. The normalized spacial score (nSPS) is 13.6. The summed E-state index contributed by atoms with van der Waals surface area (Å²) in [6.45, 7) is 3.75. The lowest BCUT2D eigenvalue weighted by atomic mass is 10.4. The van der Waals surface area contributed by atoms with E-state index in [1.54, 1.807) is 0 Å². The van der Waals surface area contributed by atoms with Crippen LogP contribution in [0.15, 0.2) is 10.2 Å². The van der Waals surface area contributed by atoms with Gasteiger partial charge in [-0.05, 0) is 22.6 Å². The van der Waals surface area contributed by atoms with Crippen molar-refractivity contribution in [2.75, 3.05) is 6.54 Å². The number of hydrogen-bond donors (Lipinski definition) is 2. The molecule has 0 rings (SSSR count). The average Bonchev–Trinajstić information content (AvgIpc) is 1.65. The van der Waals surface area contributed by atoms with E-state index in [2.05, 4.69) is 6.58 Å². The van der Waals surface area contributed by atoms with Crippen molar-refractivity contribution < 1.29 is 5.11 Å². The van der Waals surface area contributed by atoms with Crippen LogP contribution >= 0.6 is 22.6 Å². The van der Waals surface area contributed by atoms with E-state index < -0.39 is 6.10 Å². The minimum atomic E-state index is -0.527. The zero-order valence-corrected chi connectivity index (χ0v) is 6.05. The molecule has 1 atom stereocenters. The summed E-state index contributed by atoms with van der Waals surface area (Å²) in [7, 11) is 0. The minimum absolute atomic E-state index is 0.266. The maximum atomic E-state index is 8.70. The standard InChI is InChI=1S/C4H8INO/c1-3(5)4(7)2-6/h4,7H,1-2,6H2. The fourth-order valence-electron chi connectivity index (χ4n) is 0.128. The third-order valence-electron chi connectivity index (χ3n) is 0.585. The first-order chi connectivity index (χ1) is 3.18. The molecule has 0 bridgehead atoms. The highest BCUT2D eigenvalue weighted by Gasteiger charge is 1.99. The summed E-state index contributed by atoms with van der Waals surface area (Å²) in [5, 5.41) is 8.70. The largest absolute Gasteiger partial charge is 0.387 e. The van der Waals surface area contributed by atoms with Crippen molar-refractivity contribution in [3.63, 3.8) is 0 Å². The van der Waals surface area contributed by atoms with E-state index in [0.29, 0.717) is 3.58 Å². The summed E-state index contributed by atoms with van der Waals surface area (Å²) in [6, 6.07) is 0. The van der Waals surface area contributed by atoms with Gasteiger partial charge in [-0.2, -0.15) is 0 Å². The van der Waals surface area contributed by atoms with Gasteiger partial charge in [0.05, 0.1) is 6.10 Å². The number of nitrogens with two attached hydrogens (primary N) is 1. The van der Waals surface area contributed by atoms with Gasteiger partial charge in [0, 0.05) is 10.1 Å². The van der Waals surface area contributed by atoms with Crippen molar-refractivity contribution >= 4 is 22.6 Å². The summed E-state index contributed by atoms with van der Waals surface area (Å²) >= 11 is 1.94. The highest BCUT2D eigenvalue weighted by Crippen LogP contribution is 2.05. The van der Waals surface area contributed by atoms with Crippen molar-refractivity contribution in [3.05, 3.63) is 10.2 Å². The molecule has 7 heavy (non-hydrogen) atoms. The molecule has 2 nitrogen and oxygen atoms in total. The number of hydrogen-bond acceptors (Lipinski definition) is 2. The molecule has 0 aliphatic rings. The van der Waals surface area contributed by atoms with Gasteiger partial charge in [0.2, 0.25) is 0 Å². The van der Waals surface area contributed by atoms with E-state index in [4.69, 9.17) is 10.8 Å². The van der Waals surface area contributed by atoms with Gasteiger partial charge in [-0.1, -0.05) is 6.58 Å². The van der Waals surface area contributed by atoms with Crippen molar-refractivity contribution in [3.8, 4) is 0 Å². The van der Waals surface area contributed by atoms with Crippen LogP contribution in [-0.2, 0) is 0 Å². The fraction of sp³-hybridized carbons (Fsp3) is 0.500. The number of aliphatic hydroxyl groups is 1. The second kappa shape index (κ2) is 3.40. The van der Waals surface area contributed by atoms with Crippen molar-refractivity contribution in [1.82, 2.24) is 0 Å². The van der Waals surface area contributed by atoms with Gasteiger partial charge >= 0.3 is 0 Å². The van der Waals surface area contributed by atoms with E-state index in [1.165, 1.54) is 0 Å². The number of aliphatic hydroxyl groups excluding tert-OH is 1. The van der Waals surface area contributed by atoms with Gasteiger partial charge < -0.3 is 10.8 Å². The lowest BCUT2D eigenvalue weighted by Gasteiger charge is -2.01. The summed E-state index contributed by atoms with van der Waals surface area (Å²) in [4.78, 5) is 0. The molecular formula is C4H8INO. The molecule has 1 unspecified atom stereocenters. The lowest BCUT2D eigenvalue weighted by Crippen LogP contribution is -2.18. The maximum absolute atomic E-state index is 8.70. The van der Waals surface area contributed by atoms with Gasteiger partial charge in [0.25, 0.3) is 0 Å². The highest BCUT2D eigenvalue weighted by molar-refractivity contribution is 14.1. The zero-order chi connectivity index (χ0) is 5.86. The molecule has 0 saturated carbocycles. The lowest BCUT2D eigenvalue weighted by molar-refractivity contribution is 0.230. The third kappa shape index (κ3) is 3.02. The molecule has 0 aliphatic carbocycles. The number of halogens is 1. The Balaban J connectivity index is 3.34. The van der Waals surface area contributed by atoms with Crippen molar-refractivity contribution in [2.45, 2.75) is 6.10 Å². The monoisotopic (exact) mass is 213 g/mol. The molecule has 3 heteroatoms. The first-order valence-electron chi connectivity index (χ1n) is 1.91. The van der Waals surface area contributed by atoms with Crippen LogP contribution in [0.1, 0.15) is 0 Å². The molecule has 0 spiro atoms. The highest BCUT2D eigenvalue weighted by atomic mass is 127. The molecule has 0 aromatic carbocycles. The smallest absolute Gasteiger partial charge is 0.0962 e. The zero-order valence-electron chi connectivity index (χ0n) is 3.89. The molecule has 0 amide bonds. The minimum Gasteiger partial charge on any atom is -0.387 e. The van der Waals surface area contributed by atoms with Crippen LogP contribution in [0, 0.1) is 0 Å². The van der Waals surface area contributed by atoms with Crippen LogP contribution in [0.2, 0.25) is 0 Å². The summed E-state index contributed by atoms with van der Waals surface area (Å²) < 4.78 is 0.695. The Morgan fingerprint density at radius 2 is 2.43 bits per heavy atom.